The highest BCUT2D eigenvalue weighted by atomic mass is 17.2. The quantitative estimate of drug-likeness (QED) is 0.246. The number of ether oxygens (including phenoxy) is 4. The summed E-state index contributed by atoms with van der Waals surface area (Å²) in [6.07, 6.45) is 1.15. The monoisotopic (exact) mass is 266 g/mol. The molecule has 0 unspecified atom stereocenters. The molecule has 0 aliphatic heterocycles. The summed E-state index contributed by atoms with van der Waals surface area (Å²) in [5, 5.41) is 0. The molecule has 0 aromatic carbocycles. The van der Waals surface area contributed by atoms with Gasteiger partial charge < -0.3 is 18.9 Å². The minimum absolute atomic E-state index is 0.384. The first-order chi connectivity index (χ1) is 8.45. The smallest absolute Gasteiger partial charge is 0.167 e. The molecule has 0 spiro atoms. The van der Waals surface area contributed by atoms with E-state index >= 15 is 0 Å². The Morgan fingerprint density at radius 1 is 0.611 bits per heavy atom. The van der Waals surface area contributed by atoms with Gasteiger partial charge in [0.15, 0.2) is 11.6 Å². The van der Waals surface area contributed by atoms with Crippen molar-refractivity contribution in [2.75, 3.05) is 41.7 Å². The van der Waals surface area contributed by atoms with Crippen LogP contribution in [0, 0.1) is 0 Å². The van der Waals surface area contributed by atoms with E-state index in [4.69, 9.17) is 28.7 Å². The predicted octanol–water partition coefficient (Wildman–Crippen LogP) is 1.73. The van der Waals surface area contributed by atoms with Crippen molar-refractivity contribution in [1.82, 2.24) is 0 Å². The highest BCUT2D eigenvalue weighted by Crippen LogP contribution is 2.16. The molecule has 0 saturated heterocycles. The van der Waals surface area contributed by atoms with E-state index in [0.29, 0.717) is 26.1 Å². The first-order valence-corrected chi connectivity index (χ1v) is 5.90. The van der Waals surface area contributed by atoms with E-state index in [-0.39, 0.29) is 0 Å². The van der Waals surface area contributed by atoms with E-state index in [9.17, 15) is 0 Å². The summed E-state index contributed by atoms with van der Waals surface area (Å²) in [6.45, 7) is 4.44. The van der Waals surface area contributed by atoms with Crippen LogP contribution in [0.1, 0.15) is 26.7 Å². The van der Waals surface area contributed by atoms with E-state index in [1.807, 2.05) is 13.8 Å². The molecule has 0 N–H and O–H groups in total. The van der Waals surface area contributed by atoms with Gasteiger partial charge in [0, 0.05) is 41.3 Å². The topological polar surface area (TPSA) is 55.4 Å². The van der Waals surface area contributed by atoms with E-state index in [2.05, 4.69) is 0 Å². The van der Waals surface area contributed by atoms with Crippen LogP contribution in [0.2, 0.25) is 0 Å². The SMILES string of the molecule is COC(C)(CCOOCCC(C)(OC)OC)OC. The molecule has 0 heterocycles. The largest absolute Gasteiger partial charge is 0.353 e. The zero-order valence-electron chi connectivity index (χ0n) is 12.3. The van der Waals surface area contributed by atoms with Crippen LogP contribution >= 0.6 is 0 Å². The van der Waals surface area contributed by atoms with Crippen LogP contribution in [0.5, 0.6) is 0 Å². The Hall–Kier alpha value is -0.240. The lowest BCUT2D eigenvalue weighted by Gasteiger charge is -2.26. The molecule has 0 aliphatic rings. The van der Waals surface area contributed by atoms with E-state index in [1.165, 1.54) is 0 Å². The third-order valence-corrected chi connectivity index (χ3v) is 3.09. The Balaban J connectivity index is 3.63. The van der Waals surface area contributed by atoms with Gasteiger partial charge in [-0.25, -0.2) is 9.78 Å². The average Bonchev–Trinajstić information content (AvgIpc) is 2.42. The summed E-state index contributed by atoms with van der Waals surface area (Å²) in [5.41, 5.74) is 0. The Morgan fingerprint density at radius 2 is 0.889 bits per heavy atom. The first kappa shape index (κ1) is 17.8. The Kier molecular flexibility index (Phi) is 8.67. The second kappa shape index (κ2) is 8.79. The molecule has 0 bridgehead atoms. The van der Waals surface area contributed by atoms with Gasteiger partial charge in [0.2, 0.25) is 0 Å². The maximum atomic E-state index is 5.18. The highest BCUT2D eigenvalue weighted by molar-refractivity contribution is 4.61. The van der Waals surface area contributed by atoms with Gasteiger partial charge in [-0.2, -0.15) is 0 Å². The van der Waals surface area contributed by atoms with Crippen LogP contribution in [0.15, 0.2) is 0 Å². The zero-order chi connectivity index (χ0) is 14.1. The molecular formula is C12H26O6. The lowest BCUT2D eigenvalue weighted by molar-refractivity contribution is -0.320. The van der Waals surface area contributed by atoms with Crippen molar-refractivity contribution < 1.29 is 28.7 Å². The lowest BCUT2D eigenvalue weighted by Crippen LogP contribution is -2.32. The molecule has 0 aromatic rings. The van der Waals surface area contributed by atoms with Gasteiger partial charge in [-0.15, -0.1) is 0 Å². The summed E-state index contributed by atoms with van der Waals surface area (Å²) >= 11 is 0. The van der Waals surface area contributed by atoms with Gasteiger partial charge in [-0.05, 0) is 13.8 Å². The van der Waals surface area contributed by atoms with Crippen molar-refractivity contribution in [3.8, 4) is 0 Å². The molecule has 6 heteroatoms. The minimum Gasteiger partial charge on any atom is -0.353 e. The normalized spacial score (nSPS) is 13.0. The van der Waals surface area contributed by atoms with Crippen LogP contribution in [-0.4, -0.2) is 53.2 Å². The second-order valence-corrected chi connectivity index (χ2v) is 4.23. The van der Waals surface area contributed by atoms with Crippen molar-refractivity contribution in [3.63, 3.8) is 0 Å². The Morgan fingerprint density at radius 3 is 1.11 bits per heavy atom. The Bertz CT molecular complexity index is 179. The van der Waals surface area contributed by atoms with Gasteiger partial charge in [-0.1, -0.05) is 0 Å². The summed E-state index contributed by atoms with van der Waals surface area (Å²) in [6, 6.07) is 0. The number of rotatable bonds is 11. The van der Waals surface area contributed by atoms with Crippen LogP contribution in [0.3, 0.4) is 0 Å². The molecule has 0 saturated carbocycles. The summed E-state index contributed by atoms with van der Waals surface area (Å²) in [7, 11) is 6.36. The minimum atomic E-state index is -0.642. The number of hydrogen-bond donors (Lipinski definition) is 0. The van der Waals surface area contributed by atoms with Crippen LogP contribution in [-0.2, 0) is 28.7 Å². The van der Waals surface area contributed by atoms with Crippen molar-refractivity contribution in [2.24, 2.45) is 0 Å². The molecule has 0 aromatic heterocycles. The molecular weight excluding hydrogens is 240 g/mol. The van der Waals surface area contributed by atoms with Crippen molar-refractivity contribution in [3.05, 3.63) is 0 Å². The van der Waals surface area contributed by atoms with Crippen molar-refractivity contribution in [2.45, 2.75) is 38.3 Å². The van der Waals surface area contributed by atoms with E-state index in [1.54, 1.807) is 28.4 Å². The molecule has 0 fully saturated rings. The average molecular weight is 266 g/mol. The molecule has 0 atom stereocenters. The van der Waals surface area contributed by atoms with Gasteiger partial charge in [-0.3, -0.25) is 0 Å². The van der Waals surface area contributed by atoms with E-state index < -0.39 is 11.6 Å². The van der Waals surface area contributed by atoms with Gasteiger partial charge in [0.25, 0.3) is 0 Å². The van der Waals surface area contributed by atoms with E-state index in [0.717, 1.165) is 0 Å². The maximum Gasteiger partial charge on any atom is 0.167 e. The van der Waals surface area contributed by atoms with Gasteiger partial charge in [0.05, 0.1) is 13.2 Å². The molecule has 0 rings (SSSR count). The molecule has 0 amide bonds. The maximum absolute atomic E-state index is 5.18. The number of methoxy groups -OCH3 is 4. The highest BCUT2D eigenvalue weighted by Gasteiger charge is 2.23. The summed E-state index contributed by atoms with van der Waals surface area (Å²) in [5.74, 6) is -1.28. The van der Waals surface area contributed by atoms with Crippen LogP contribution in [0.4, 0.5) is 0 Å². The fourth-order valence-corrected chi connectivity index (χ4v) is 1.15. The predicted molar refractivity (Wildman–Crippen MR) is 66.0 cm³/mol. The van der Waals surface area contributed by atoms with Gasteiger partial charge in [0.1, 0.15) is 0 Å². The van der Waals surface area contributed by atoms with Crippen LogP contribution < -0.4 is 0 Å². The van der Waals surface area contributed by atoms with Crippen molar-refractivity contribution >= 4 is 0 Å². The number of hydrogen-bond acceptors (Lipinski definition) is 6. The summed E-state index contributed by atoms with van der Waals surface area (Å²) < 4.78 is 20.7. The van der Waals surface area contributed by atoms with Crippen LogP contribution in [0.25, 0.3) is 0 Å². The first-order valence-electron chi connectivity index (χ1n) is 5.90. The summed E-state index contributed by atoms with van der Waals surface area (Å²) in [4.78, 5) is 10.1. The fraction of sp³-hybridized carbons (Fsp3) is 1.00. The third kappa shape index (κ3) is 6.63. The van der Waals surface area contributed by atoms with Crippen molar-refractivity contribution in [1.29, 1.82) is 0 Å². The third-order valence-electron chi connectivity index (χ3n) is 3.09. The van der Waals surface area contributed by atoms with Gasteiger partial charge >= 0.3 is 0 Å². The molecule has 110 valence electrons. The zero-order valence-corrected chi connectivity index (χ0v) is 12.3. The molecule has 6 nitrogen and oxygen atoms in total. The molecule has 18 heavy (non-hydrogen) atoms. The Labute approximate surface area is 109 Å². The lowest BCUT2D eigenvalue weighted by atomic mass is 10.2. The second-order valence-electron chi connectivity index (χ2n) is 4.23. The molecule has 0 radical (unpaired) electrons. The molecule has 0 aliphatic carbocycles. The fourth-order valence-electron chi connectivity index (χ4n) is 1.15. The standard InChI is InChI=1S/C12H26O6/c1-11(13-3,14-4)7-9-17-18-10-8-12(2,15-5)16-6/h7-10H2,1-6H3.